The van der Waals surface area contributed by atoms with Crippen LogP contribution >= 0.6 is 23.4 Å². The number of halogens is 1. The van der Waals surface area contributed by atoms with Crippen molar-refractivity contribution >= 4 is 29.3 Å². The lowest BCUT2D eigenvalue weighted by Gasteiger charge is -2.02. The highest BCUT2D eigenvalue weighted by Crippen LogP contribution is 2.15. The van der Waals surface area contributed by atoms with Gasteiger partial charge in [-0.1, -0.05) is 18.2 Å². The number of rotatable bonds is 5. The van der Waals surface area contributed by atoms with Crippen molar-refractivity contribution in [1.29, 1.82) is 0 Å². The second kappa shape index (κ2) is 6.74. The molecule has 1 N–H and O–H groups in total. The Bertz CT molecular complexity index is 279. The molecular formula is C10H12ClNOS. The van der Waals surface area contributed by atoms with E-state index in [2.05, 4.69) is 5.32 Å². The third-order valence-corrected chi connectivity index (χ3v) is 2.73. The van der Waals surface area contributed by atoms with Crippen LogP contribution in [-0.4, -0.2) is 24.1 Å². The number of hydrogen-bond donors (Lipinski definition) is 1. The third-order valence-electron chi connectivity index (χ3n) is 1.53. The lowest BCUT2D eigenvalue weighted by molar-refractivity contribution is -0.118. The largest absolute Gasteiger partial charge is 0.354 e. The molecule has 0 fully saturated rings. The summed E-state index contributed by atoms with van der Waals surface area (Å²) in [6.45, 7) is 0.537. The smallest absolute Gasteiger partial charge is 0.230 e. The summed E-state index contributed by atoms with van der Waals surface area (Å²) >= 11 is 6.97. The minimum Gasteiger partial charge on any atom is -0.354 e. The first-order valence-corrected chi connectivity index (χ1v) is 5.85. The summed E-state index contributed by atoms with van der Waals surface area (Å²) in [5.41, 5.74) is 0. The van der Waals surface area contributed by atoms with E-state index in [4.69, 9.17) is 11.6 Å². The Labute approximate surface area is 93.0 Å². The van der Waals surface area contributed by atoms with Crippen LogP contribution in [-0.2, 0) is 4.79 Å². The molecule has 0 bridgehead atoms. The Morgan fingerprint density at radius 2 is 2.07 bits per heavy atom. The SMILES string of the molecule is O=C(CSc1ccccc1)NCCCl. The van der Waals surface area contributed by atoms with Gasteiger partial charge in [0.15, 0.2) is 0 Å². The summed E-state index contributed by atoms with van der Waals surface area (Å²) in [5, 5.41) is 2.71. The van der Waals surface area contributed by atoms with E-state index >= 15 is 0 Å². The summed E-state index contributed by atoms with van der Waals surface area (Å²) in [7, 11) is 0. The summed E-state index contributed by atoms with van der Waals surface area (Å²) in [4.78, 5) is 12.3. The number of thioether (sulfide) groups is 1. The van der Waals surface area contributed by atoms with E-state index in [-0.39, 0.29) is 5.91 Å². The quantitative estimate of drug-likeness (QED) is 0.619. The third kappa shape index (κ3) is 4.53. The maximum Gasteiger partial charge on any atom is 0.230 e. The highest BCUT2D eigenvalue weighted by molar-refractivity contribution is 8.00. The van der Waals surface area contributed by atoms with Gasteiger partial charge in [-0.05, 0) is 12.1 Å². The normalized spacial score (nSPS) is 9.79. The molecule has 1 rings (SSSR count). The molecule has 0 heterocycles. The van der Waals surface area contributed by atoms with Gasteiger partial charge in [-0.3, -0.25) is 4.79 Å². The van der Waals surface area contributed by atoms with Gasteiger partial charge >= 0.3 is 0 Å². The fourth-order valence-electron chi connectivity index (χ4n) is 0.903. The van der Waals surface area contributed by atoms with Gasteiger partial charge in [0.2, 0.25) is 5.91 Å². The zero-order valence-electron chi connectivity index (χ0n) is 7.70. The fraction of sp³-hybridized carbons (Fsp3) is 0.300. The monoisotopic (exact) mass is 229 g/mol. The van der Waals surface area contributed by atoms with E-state index in [0.717, 1.165) is 4.90 Å². The minimum absolute atomic E-state index is 0.0273. The van der Waals surface area contributed by atoms with Crippen molar-refractivity contribution in [2.24, 2.45) is 0 Å². The molecule has 4 heteroatoms. The van der Waals surface area contributed by atoms with E-state index in [1.54, 1.807) is 0 Å². The molecule has 1 aromatic carbocycles. The second-order valence-electron chi connectivity index (χ2n) is 2.64. The molecular weight excluding hydrogens is 218 g/mol. The van der Waals surface area contributed by atoms with E-state index < -0.39 is 0 Å². The van der Waals surface area contributed by atoms with Crippen molar-refractivity contribution in [1.82, 2.24) is 5.32 Å². The molecule has 2 nitrogen and oxygen atoms in total. The molecule has 1 amide bonds. The molecule has 1 aromatic rings. The number of carbonyl (C=O) groups excluding carboxylic acids is 1. The van der Waals surface area contributed by atoms with Gasteiger partial charge in [0.25, 0.3) is 0 Å². The maximum absolute atomic E-state index is 11.2. The van der Waals surface area contributed by atoms with Crippen LogP contribution in [0.4, 0.5) is 0 Å². The van der Waals surface area contributed by atoms with Crippen molar-refractivity contribution in [2.75, 3.05) is 18.2 Å². The molecule has 76 valence electrons. The van der Waals surface area contributed by atoms with Crippen LogP contribution in [0.1, 0.15) is 0 Å². The minimum atomic E-state index is 0.0273. The first-order valence-electron chi connectivity index (χ1n) is 4.33. The Kier molecular flexibility index (Phi) is 5.49. The Morgan fingerprint density at radius 3 is 2.71 bits per heavy atom. The van der Waals surface area contributed by atoms with Crippen LogP contribution in [0.2, 0.25) is 0 Å². The van der Waals surface area contributed by atoms with E-state index in [1.165, 1.54) is 11.8 Å². The lowest BCUT2D eigenvalue weighted by atomic mass is 10.4. The number of hydrogen-bond acceptors (Lipinski definition) is 2. The standard InChI is InChI=1S/C10H12ClNOS/c11-6-7-12-10(13)8-14-9-4-2-1-3-5-9/h1-5H,6-8H2,(H,12,13). The average molecular weight is 230 g/mol. The fourth-order valence-corrected chi connectivity index (χ4v) is 1.75. The van der Waals surface area contributed by atoms with E-state index in [1.807, 2.05) is 30.3 Å². The zero-order chi connectivity index (χ0) is 10.2. The molecule has 0 aliphatic heterocycles. The van der Waals surface area contributed by atoms with Crippen LogP contribution in [0.15, 0.2) is 35.2 Å². The summed E-state index contributed by atoms with van der Waals surface area (Å²) in [6, 6.07) is 9.84. The lowest BCUT2D eigenvalue weighted by Crippen LogP contribution is -2.26. The van der Waals surface area contributed by atoms with Crippen LogP contribution < -0.4 is 5.32 Å². The van der Waals surface area contributed by atoms with Gasteiger partial charge in [-0.15, -0.1) is 23.4 Å². The van der Waals surface area contributed by atoms with Crippen molar-refractivity contribution in [3.8, 4) is 0 Å². The summed E-state index contributed by atoms with van der Waals surface area (Å²) < 4.78 is 0. The van der Waals surface area contributed by atoms with Crippen LogP contribution in [0, 0.1) is 0 Å². The number of alkyl halides is 1. The highest BCUT2D eigenvalue weighted by Gasteiger charge is 2.00. The molecule has 0 aliphatic rings. The van der Waals surface area contributed by atoms with Gasteiger partial charge < -0.3 is 5.32 Å². The number of carbonyl (C=O) groups is 1. The molecule has 14 heavy (non-hydrogen) atoms. The van der Waals surface area contributed by atoms with Crippen molar-refractivity contribution in [3.05, 3.63) is 30.3 Å². The highest BCUT2D eigenvalue weighted by atomic mass is 35.5. The number of nitrogens with one attached hydrogen (secondary N) is 1. The van der Waals surface area contributed by atoms with Crippen molar-refractivity contribution in [2.45, 2.75) is 4.90 Å². The van der Waals surface area contributed by atoms with Gasteiger partial charge in [0.1, 0.15) is 0 Å². The topological polar surface area (TPSA) is 29.1 Å². The second-order valence-corrected chi connectivity index (χ2v) is 4.07. The van der Waals surface area contributed by atoms with Gasteiger partial charge in [-0.2, -0.15) is 0 Å². The molecule has 0 spiro atoms. The van der Waals surface area contributed by atoms with Crippen LogP contribution in [0.3, 0.4) is 0 Å². The summed E-state index contributed by atoms with van der Waals surface area (Å²) in [5.74, 6) is 0.933. The first-order chi connectivity index (χ1) is 6.83. The number of benzene rings is 1. The van der Waals surface area contributed by atoms with Crippen molar-refractivity contribution in [3.63, 3.8) is 0 Å². The van der Waals surface area contributed by atoms with Crippen LogP contribution in [0.5, 0.6) is 0 Å². The molecule has 0 unspecified atom stereocenters. The Balaban J connectivity index is 2.24. The zero-order valence-corrected chi connectivity index (χ0v) is 9.27. The maximum atomic E-state index is 11.2. The predicted octanol–water partition coefficient (Wildman–Crippen LogP) is 2.13. The molecule has 0 aliphatic carbocycles. The molecule has 0 saturated heterocycles. The summed E-state index contributed by atoms with van der Waals surface area (Å²) in [6.07, 6.45) is 0. The first kappa shape index (κ1) is 11.4. The molecule has 0 radical (unpaired) electrons. The molecule has 0 aromatic heterocycles. The Hall–Kier alpha value is -0.670. The molecule has 0 atom stereocenters. The number of amides is 1. The van der Waals surface area contributed by atoms with Gasteiger partial charge in [0, 0.05) is 17.3 Å². The van der Waals surface area contributed by atoms with Crippen molar-refractivity contribution < 1.29 is 4.79 Å². The predicted molar refractivity (Wildman–Crippen MR) is 60.9 cm³/mol. The van der Waals surface area contributed by atoms with E-state index in [9.17, 15) is 4.79 Å². The van der Waals surface area contributed by atoms with E-state index in [0.29, 0.717) is 18.2 Å². The Morgan fingerprint density at radius 1 is 1.36 bits per heavy atom. The molecule has 0 saturated carbocycles. The van der Waals surface area contributed by atoms with Crippen LogP contribution in [0.25, 0.3) is 0 Å². The average Bonchev–Trinajstić information content (AvgIpc) is 2.25. The van der Waals surface area contributed by atoms with Gasteiger partial charge in [0.05, 0.1) is 5.75 Å². The van der Waals surface area contributed by atoms with Gasteiger partial charge in [-0.25, -0.2) is 0 Å².